The number of fused-ring (bicyclic) bond motifs is 1. The Hall–Kier alpha value is -1.02. The fourth-order valence-corrected chi connectivity index (χ4v) is 3.58. The van der Waals surface area contributed by atoms with Gasteiger partial charge in [0.15, 0.2) is 0 Å². The van der Waals surface area contributed by atoms with Crippen LogP contribution in [0.15, 0.2) is 18.2 Å². The molecule has 104 valence electrons. The van der Waals surface area contributed by atoms with Gasteiger partial charge in [-0.2, -0.15) is 0 Å². The Morgan fingerprint density at radius 2 is 1.95 bits per heavy atom. The molecule has 1 N–H and O–H groups in total. The van der Waals surface area contributed by atoms with E-state index >= 15 is 0 Å². The van der Waals surface area contributed by atoms with Gasteiger partial charge in [-0.05, 0) is 38.2 Å². The van der Waals surface area contributed by atoms with Crippen LogP contribution in [0.2, 0.25) is 0 Å². The molecule has 1 fully saturated rings. The van der Waals surface area contributed by atoms with Crippen LogP contribution in [-0.4, -0.2) is 10.7 Å². The van der Waals surface area contributed by atoms with Gasteiger partial charge in [-0.3, -0.25) is 0 Å². The molecule has 0 saturated heterocycles. The molecule has 1 aliphatic carbocycles. The normalized spacial score (nSPS) is 23.7. The maximum absolute atomic E-state index is 10.7. The number of benzene rings is 1. The highest BCUT2D eigenvalue weighted by Gasteiger charge is 2.34. The molecule has 0 amide bonds. The Bertz CT molecular complexity index is 458. The SMILES string of the molecule is CC1(C)Cc2cccc(C(O)C3CCCCC3)c2O1. The largest absolute Gasteiger partial charge is 0.487 e. The van der Waals surface area contributed by atoms with E-state index in [1.54, 1.807) is 0 Å². The molecule has 1 atom stereocenters. The van der Waals surface area contributed by atoms with Crippen LogP contribution >= 0.6 is 0 Å². The zero-order valence-electron chi connectivity index (χ0n) is 12.0. The molecule has 1 saturated carbocycles. The first-order chi connectivity index (χ1) is 9.07. The number of rotatable bonds is 2. The number of aliphatic hydroxyl groups is 1. The van der Waals surface area contributed by atoms with Crippen molar-refractivity contribution in [3.63, 3.8) is 0 Å². The highest BCUT2D eigenvalue weighted by molar-refractivity contribution is 5.47. The van der Waals surface area contributed by atoms with Gasteiger partial charge < -0.3 is 9.84 Å². The second-order valence-corrected chi connectivity index (χ2v) is 6.72. The first-order valence-corrected chi connectivity index (χ1v) is 7.56. The van der Waals surface area contributed by atoms with Crippen molar-refractivity contribution in [1.82, 2.24) is 0 Å². The standard InChI is InChI=1S/C17H24O2/c1-17(2)11-13-9-6-10-14(16(13)19-17)15(18)12-7-4-3-5-8-12/h6,9-10,12,15,18H,3-5,7-8,11H2,1-2H3. The number of aliphatic hydroxyl groups excluding tert-OH is 1. The zero-order chi connectivity index (χ0) is 13.5. The molecule has 2 aliphatic rings. The van der Waals surface area contributed by atoms with Gasteiger partial charge in [0.2, 0.25) is 0 Å². The van der Waals surface area contributed by atoms with Crippen molar-refractivity contribution in [2.75, 3.05) is 0 Å². The van der Waals surface area contributed by atoms with Crippen molar-refractivity contribution >= 4 is 0 Å². The molecule has 1 unspecified atom stereocenters. The second-order valence-electron chi connectivity index (χ2n) is 6.72. The Labute approximate surface area is 115 Å². The van der Waals surface area contributed by atoms with E-state index in [9.17, 15) is 5.11 Å². The minimum Gasteiger partial charge on any atom is -0.487 e. The average Bonchev–Trinajstić information content (AvgIpc) is 2.72. The third kappa shape index (κ3) is 2.51. The van der Waals surface area contributed by atoms with Crippen molar-refractivity contribution in [1.29, 1.82) is 0 Å². The van der Waals surface area contributed by atoms with E-state index in [2.05, 4.69) is 26.0 Å². The van der Waals surface area contributed by atoms with Gasteiger partial charge in [0.1, 0.15) is 11.4 Å². The van der Waals surface area contributed by atoms with Crippen molar-refractivity contribution in [2.45, 2.75) is 64.1 Å². The summed E-state index contributed by atoms with van der Waals surface area (Å²) in [5.74, 6) is 1.36. The van der Waals surface area contributed by atoms with E-state index in [1.165, 1.54) is 24.8 Å². The maximum Gasteiger partial charge on any atom is 0.129 e. The van der Waals surface area contributed by atoms with Gasteiger partial charge in [-0.15, -0.1) is 0 Å². The van der Waals surface area contributed by atoms with E-state index < -0.39 is 0 Å². The van der Waals surface area contributed by atoms with Gasteiger partial charge >= 0.3 is 0 Å². The zero-order valence-corrected chi connectivity index (χ0v) is 12.0. The quantitative estimate of drug-likeness (QED) is 0.870. The van der Waals surface area contributed by atoms with Gasteiger partial charge in [0.05, 0.1) is 6.10 Å². The highest BCUT2D eigenvalue weighted by atomic mass is 16.5. The fourth-order valence-electron chi connectivity index (χ4n) is 3.58. The van der Waals surface area contributed by atoms with Crippen LogP contribution in [0.3, 0.4) is 0 Å². The number of para-hydroxylation sites is 1. The third-order valence-corrected chi connectivity index (χ3v) is 4.54. The summed E-state index contributed by atoms with van der Waals surface area (Å²) < 4.78 is 6.08. The molecular formula is C17H24O2. The minimum absolute atomic E-state index is 0.134. The lowest BCUT2D eigenvalue weighted by atomic mass is 9.82. The van der Waals surface area contributed by atoms with Crippen LogP contribution in [-0.2, 0) is 6.42 Å². The predicted molar refractivity (Wildman–Crippen MR) is 76.4 cm³/mol. The van der Waals surface area contributed by atoms with Crippen LogP contribution in [0.1, 0.15) is 63.2 Å². The fraction of sp³-hybridized carbons (Fsp3) is 0.647. The molecule has 1 heterocycles. The Balaban J connectivity index is 1.88. The first-order valence-electron chi connectivity index (χ1n) is 7.56. The smallest absolute Gasteiger partial charge is 0.129 e. The van der Waals surface area contributed by atoms with Crippen LogP contribution in [0, 0.1) is 5.92 Å². The summed E-state index contributed by atoms with van der Waals surface area (Å²) in [4.78, 5) is 0. The molecule has 1 aliphatic heterocycles. The topological polar surface area (TPSA) is 29.5 Å². The molecule has 0 aromatic heterocycles. The van der Waals surface area contributed by atoms with Crippen molar-refractivity contribution < 1.29 is 9.84 Å². The maximum atomic E-state index is 10.7. The molecule has 1 aromatic rings. The van der Waals surface area contributed by atoms with Gasteiger partial charge in [0, 0.05) is 12.0 Å². The monoisotopic (exact) mass is 260 g/mol. The van der Waals surface area contributed by atoms with E-state index in [0.717, 1.165) is 30.6 Å². The van der Waals surface area contributed by atoms with Crippen molar-refractivity contribution in [2.24, 2.45) is 5.92 Å². The molecule has 2 heteroatoms. The van der Waals surface area contributed by atoms with Gasteiger partial charge in [-0.1, -0.05) is 37.5 Å². The summed E-state index contributed by atoms with van der Waals surface area (Å²) >= 11 is 0. The number of ether oxygens (including phenoxy) is 1. The summed E-state index contributed by atoms with van der Waals surface area (Å²) in [5, 5.41) is 10.7. The molecular weight excluding hydrogens is 236 g/mol. The second kappa shape index (κ2) is 4.82. The highest BCUT2D eigenvalue weighted by Crippen LogP contribution is 2.43. The van der Waals surface area contributed by atoms with Crippen LogP contribution in [0.4, 0.5) is 0 Å². The lowest BCUT2D eigenvalue weighted by Crippen LogP contribution is -2.25. The van der Waals surface area contributed by atoms with E-state index in [0.29, 0.717) is 5.92 Å². The molecule has 0 radical (unpaired) electrons. The van der Waals surface area contributed by atoms with Crippen LogP contribution < -0.4 is 4.74 Å². The molecule has 2 nitrogen and oxygen atoms in total. The molecule has 3 rings (SSSR count). The number of hydrogen-bond acceptors (Lipinski definition) is 2. The predicted octanol–water partition coefficient (Wildman–Crippen LogP) is 4.01. The Morgan fingerprint density at radius 1 is 1.21 bits per heavy atom. The first kappa shape index (κ1) is 13.0. The Kier molecular flexibility index (Phi) is 3.30. The summed E-state index contributed by atoms with van der Waals surface area (Å²) in [6.07, 6.45) is 6.70. The van der Waals surface area contributed by atoms with E-state index in [4.69, 9.17) is 4.74 Å². The lowest BCUT2D eigenvalue weighted by molar-refractivity contribution is 0.0763. The Morgan fingerprint density at radius 3 is 2.68 bits per heavy atom. The van der Waals surface area contributed by atoms with Gasteiger partial charge in [-0.25, -0.2) is 0 Å². The van der Waals surface area contributed by atoms with Gasteiger partial charge in [0.25, 0.3) is 0 Å². The molecule has 19 heavy (non-hydrogen) atoms. The number of hydrogen-bond donors (Lipinski definition) is 1. The van der Waals surface area contributed by atoms with Crippen molar-refractivity contribution in [3.8, 4) is 5.75 Å². The van der Waals surface area contributed by atoms with Crippen LogP contribution in [0.5, 0.6) is 5.75 Å². The van der Waals surface area contributed by atoms with Crippen molar-refractivity contribution in [3.05, 3.63) is 29.3 Å². The summed E-state index contributed by atoms with van der Waals surface area (Å²) in [5.41, 5.74) is 2.12. The summed E-state index contributed by atoms with van der Waals surface area (Å²) in [7, 11) is 0. The lowest BCUT2D eigenvalue weighted by Gasteiger charge is -2.28. The summed E-state index contributed by atoms with van der Waals surface area (Å²) in [6.45, 7) is 4.23. The summed E-state index contributed by atoms with van der Waals surface area (Å²) in [6, 6.07) is 6.23. The van der Waals surface area contributed by atoms with Crippen LogP contribution in [0.25, 0.3) is 0 Å². The van der Waals surface area contributed by atoms with E-state index in [1.807, 2.05) is 6.07 Å². The van der Waals surface area contributed by atoms with E-state index in [-0.39, 0.29) is 11.7 Å². The molecule has 1 aromatic carbocycles. The minimum atomic E-state index is -0.357. The molecule has 0 bridgehead atoms. The molecule has 0 spiro atoms. The average molecular weight is 260 g/mol. The third-order valence-electron chi connectivity index (χ3n) is 4.54.